The fourth-order valence-corrected chi connectivity index (χ4v) is 2.23. The predicted molar refractivity (Wildman–Crippen MR) is 84.7 cm³/mol. The summed E-state index contributed by atoms with van der Waals surface area (Å²) >= 11 is 0. The highest BCUT2D eigenvalue weighted by Crippen LogP contribution is 2.32. The van der Waals surface area contributed by atoms with Gasteiger partial charge in [-0.3, -0.25) is 9.59 Å². The first-order valence-electron chi connectivity index (χ1n) is 7.16. The first-order chi connectivity index (χ1) is 11.1. The van der Waals surface area contributed by atoms with Gasteiger partial charge in [0, 0.05) is 11.3 Å². The lowest BCUT2D eigenvalue weighted by Crippen LogP contribution is -2.32. The second-order valence-electron chi connectivity index (χ2n) is 5.17. The van der Waals surface area contributed by atoms with Gasteiger partial charge in [-0.15, -0.1) is 0 Å². The number of anilines is 1. The molecule has 0 radical (unpaired) electrons. The Hall–Kier alpha value is -3.02. The number of carbonyl (C=O) groups is 2. The third kappa shape index (κ3) is 3.60. The molecule has 3 rings (SSSR count). The summed E-state index contributed by atoms with van der Waals surface area (Å²) in [5, 5.41) is 5.31. The number of carbonyl (C=O) groups excluding carboxylic acids is 2. The molecule has 0 unspecified atom stereocenters. The third-order valence-electron chi connectivity index (χ3n) is 3.35. The molecule has 0 fully saturated rings. The Morgan fingerprint density at radius 1 is 1.09 bits per heavy atom. The van der Waals surface area contributed by atoms with E-state index in [1.54, 1.807) is 24.3 Å². The molecule has 6 heteroatoms. The van der Waals surface area contributed by atoms with Crippen LogP contribution < -0.4 is 20.1 Å². The molecule has 0 aromatic heterocycles. The van der Waals surface area contributed by atoms with E-state index >= 15 is 0 Å². The van der Waals surface area contributed by atoms with Gasteiger partial charge >= 0.3 is 0 Å². The van der Waals surface area contributed by atoms with Gasteiger partial charge in [-0.2, -0.15) is 0 Å². The molecular weight excluding hydrogens is 296 g/mol. The van der Waals surface area contributed by atoms with Gasteiger partial charge in [-0.25, -0.2) is 0 Å². The van der Waals surface area contributed by atoms with Crippen LogP contribution in [0, 0.1) is 6.92 Å². The van der Waals surface area contributed by atoms with Crippen LogP contribution in [0.5, 0.6) is 11.5 Å². The number of ether oxygens (including phenoxy) is 2. The van der Waals surface area contributed by atoms with Crippen LogP contribution in [-0.4, -0.2) is 25.2 Å². The lowest BCUT2D eigenvalue weighted by molar-refractivity contribution is -0.115. The monoisotopic (exact) mass is 312 g/mol. The largest absolute Gasteiger partial charge is 0.454 e. The number of aryl methyl sites for hydroxylation is 1. The fraction of sp³-hybridized carbons (Fsp3) is 0.176. The maximum Gasteiger partial charge on any atom is 0.251 e. The quantitative estimate of drug-likeness (QED) is 0.906. The normalized spacial score (nSPS) is 11.9. The zero-order valence-corrected chi connectivity index (χ0v) is 12.6. The molecule has 1 aliphatic rings. The van der Waals surface area contributed by atoms with E-state index in [1.165, 1.54) is 0 Å². The molecule has 2 amide bonds. The number of amides is 2. The van der Waals surface area contributed by atoms with Gasteiger partial charge in [-0.05, 0) is 42.8 Å². The number of nitrogens with one attached hydrogen (secondary N) is 2. The number of rotatable bonds is 4. The lowest BCUT2D eigenvalue weighted by Gasteiger charge is -2.08. The molecule has 118 valence electrons. The Bertz CT molecular complexity index is 758. The Balaban J connectivity index is 1.55. The van der Waals surface area contributed by atoms with E-state index in [1.807, 2.05) is 25.1 Å². The predicted octanol–water partition coefficient (Wildman–Crippen LogP) is 2.09. The summed E-state index contributed by atoms with van der Waals surface area (Å²) in [5.74, 6) is 0.507. The van der Waals surface area contributed by atoms with Gasteiger partial charge in [0.1, 0.15) is 0 Å². The van der Waals surface area contributed by atoms with Crippen molar-refractivity contribution in [3.05, 3.63) is 53.6 Å². The van der Waals surface area contributed by atoms with Crippen LogP contribution in [0.25, 0.3) is 0 Å². The molecule has 23 heavy (non-hydrogen) atoms. The molecule has 0 saturated carbocycles. The fourth-order valence-electron chi connectivity index (χ4n) is 2.23. The Kier molecular flexibility index (Phi) is 4.14. The second-order valence-corrected chi connectivity index (χ2v) is 5.17. The highest BCUT2D eigenvalue weighted by atomic mass is 16.7. The van der Waals surface area contributed by atoms with Crippen molar-refractivity contribution in [2.75, 3.05) is 18.7 Å². The highest BCUT2D eigenvalue weighted by molar-refractivity contribution is 5.99. The maximum absolute atomic E-state index is 12.1. The van der Waals surface area contributed by atoms with E-state index in [-0.39, 0.29) is 25.2 Å². The molecule has 2 aromatic carbocycles. The van der Waals surface area contributed by atoms with Crippen molar-refractivity contribution in [1.82, 2.24) is 5.32 Å². The molecule has 0 aliphatic carbocycles. The number of hydrogen-bond acceptors (Lipinski definition) is 4. The van der Waals surface area contributed by atoms with Gasteiger partial charge in [0.2, 0.25) is 12.7 Å². The van der Waals surface area contributed by atoms with Crippen LogP contribution >= 0.6 is 0 Å². The minimum atomic E-state index is -0.345. The molecule has 2 N–H and O–H groups in total. The smallest absolute Gasteiger partial charge is 0.251 e. The van der Waals surface area contributed by atoms with Crippen molar-refractivity contribution in [1.29, 1.82) is 0 Å². The van der Waals surface area contributed by atoms with Crippen molar-refractivity contribution in [3.8, 4) is 11.5 Å². The van der Waals surface area contributed by atoms with E-state index in [0.29, 0.717) is 22.7 Å². The van der Waals surface area contributed by atoms with Crippen LogP contribution in [0.3, 0.4) is 0 Å². The van der Waals surface area contributed by atoms with Gasteiger partial charge < -0.3 is 20.1 Å². The van der Waals surface area contributed by atoms with Crippen LogP contribution in [0.1, 0.15) is 15.9 Å². The van der Waals surface area contributed by atoms with E-state index in [0.717, 1.165) is 5.56 Å². The number of fused-ring (bicyclic) bond motifs is 1. The summed E-state index contributed by atoms with van der Waals surface area (Å²) in [6.07, 6.45) is 0. The number of benzene rings is 2. The zero-order valence-electron chi connectivity index (χ0n) is 12.6. The number of hydrogen-bond donors (Lipinski definition) is 2. The molecule has 0 atom stereocenters. The SMILES string of the molecule is Cc1cccc(NC(=O)CNC(=O)c2ccc3c(c2)OCO3)c1. The molecule has 6 nitrogen and oxygen atoms in total. The lowest BCUT2D eigenvalue weighted by atomic mass is 10.2. The molecule has 0 spiro atoms. The van der Waals surface area contributed by atoms with Crippen molar-refractivity contribution >= 4 is 17.5 Å². The minimum Gasteiger partial charge on any atom is -0.454 e. The summed E-state index contributed by atoms with van der Waals surface area (Å²) in [7, 11) is 0. The van der Waals surface area contributed by atoms with Gasteiger partial charge in [0.05, 0.1) is 6.54 Å². The topological polar surface area (TPSA) is 76.7 Å². The van der Waals surface area contributed by atoms with Gasteiger partial charge in [-0.1, -0.05) is 12.1 Å². The van der Waals surface area contributed by atoms with E-state index in [9.17, 15) is 9.59 Å². The molecule has 0 saturated heterocycles. The Morgan fingerprint density at radius 2 is 1.91 bits per heavy atom. The second kappa shape index (κ2) is 6.39. The van der Waals surface area contributed by atoms with Crippen LogP contribution in [0.4, 0.5) is 5.69 Å². The first-order valence-corrected chi connectivity index (χ1v) is 7.16. The minimum absolute atomic E-state index is 0.110. The van der Waals surface area contributed by atoms with Crippen LogP contribution in [0.2, 0.25) is 0 Å². The summed E-state index contributed by atoms with van der Waals surface area (Å²) in [6.45, 7) is 1.98. The Morgan fingerprint density at radius 3 is 2.74 bits per heavy atom. The molecular formula is C17H16N2O4. The highest BCUT2D eigenvalue weighted by Gasteiger charge is 2.16. The van der Waals surface area contributed by atoms with Crippen molar-refractivity contribution < 1.29 is 19.1 Å². The van der Waals surface area contributed by atoms with Crippen LogP contribution in [-0.2, 0) is 4.79 Å². The Labute approximate surface area is 133 Å². The first kappa shape index (κ1) is 14.9. The summed E-state index contributed by atoms with van der Waals surface area (Å²) in [4.78, 5) is 23.9. The van der Waals surface area contributed by atoms with E-state index in [2.05, 4.69) is 10.6 Å². The van der Waals surface area contributed by atoms with Crippen molar-refractivity contribution in [2.45, 2.75) is 6.92 Å². The van der Waals surface area contributed by atoms with Gasteiger partial charge in [0.25, 0.3) is 5.91 Å². The summed E-state index contributed by atoms with van der Waals surface area (Å²) < 4.78 is 10.4. The van der Waals surface area contributed by atoms with Crippen molar-refractivity contribution in [2.24, 2.45) is 0 Å². The third-order valence-corrected chi connectivity index (χ3v) is 3.35. The average molecular weight is 312 g/mol. The molecule has 1 heterocycles. The maximum atomic E-state index is 12.1. The van der Waals surface area contributed by atoms with Gasteiger partial charge in [0.15, 0.2) is 11.5 Å². The standard InChI is InChI=1S/C17H16N2O4/c1-11-3-2-4-13(7-11)19-16(20)9-18-17(21)12-5-6-14-15(8-12)23-10-22-14/h2-8H,9-10H2,1H3,(H,18,21)(H,19,20). The van der Waals surface area contributed by atoms with Crippen LogP contribution in [0.15, 0.2) is 42.5 Å². The van der Waals surface area contributed by atoms with Crippen molar-refractivity contribution in [3.63, 3.8) is 0 Å². The molecule has 0 bridgehead atoms. The summed E-state index contributed by atoms with van der Waals surface area (Å²) in [6, 6.07) is 12.3. The molecule has 1 aliphatic heterocycles. The van der Waals surface area contributed by atoms with E-state index in [4.69, 9.17) is 9.47 Å². The summed E-state index contributed by atoms with van der Waals surface area (Å²) in [5.41, 5.74) is 2.16. The zero-order chi connectivity index (χ0) is 16.2. The van der Waals surface area contributed by atoms with E-state index < -0.39 is 0 Å². The molecule has 2 aromatic rings. The average Bonchev–Trinajstić information content (AvgIpc) is 3.00.